The van der Waals surface area contributed by atoms with Gasteiger partial charge in [-0.15, -0.1) is 0 Å². The van der Waals surface area contributed by atoms with Crippen LogP contribution in [0.15, 0.2) is 6.20 Å². The Morgan fingerprint density at radius 3 is 2.88 bits per heavy atom. The molecule has 0 bridgehead atoms. The van der Waals surface area contributed by atoms with Gasteiger partial charge in [-0.1, -0.05) is 0 Å². The fourth-order valence-corrected chi connectivity index (χ4v) is 2.84. The summed E-state index contributed by atoms with van der Waals surface area (Å²) in [5.41, 5.74) is 0.937. The Bertz CT molecular complexity index is 412. The first kappa shape index (κ1) is 10.1. The standard InChI is InChI=1S/C10H12F3N3/c11-10(12,13)2-8-7(4-15-16-8)9-1-6(9)3-14-5-9/h4,6,14H,1-3,5H2,(H,15,16). The van der Waals surface area contributed by atoms with Gasteiger partial charge in [-0.3, -0.25) is 5.10 Å². The van der Waals surface area contributed by atoms with Crippen molar-refractivity contribution in [1.82, 2.24) is 15.5 Å². The molecule has 2 unspecified atom stereocenters. The fourth-order valence-electron chi connectivity index (χ4n) is 2.84. The molecule has 1 saturated heterocycles. The summed E-state index contributed by atoms with van der Waals surface area (Å²) in [4.78, 5) is 0. The zero-order valence-corrected chi connectivity index (χ0v) is 8.56. The molecule has 2 atom stereocenters. The van der Waals surface area contributed by atoms with Crippen molar-refractivity contribution in [3.05, 3.63) is 17.5 Å². The van der Waals surface area contributed by atoms with Crippen molar-refractivity contribution < 1.29 is 13.2 Å². The van der Waals surface area contributed by atoms with Gasteiger partial charge in [-0.2, -0.15) is 18.3 Å². The van der Waals surface area contributed by atoms with Crippen LogP contribution in [0.25, 0.3) is 0 Å². The molecule has 3 rings (SSSR count). The molecule has 0 amide bonds. The number of rotatable bonds is 2. The third-order valence-electron chi connectivity index (χ3n) is 3.70. The number of nitrogens with one attached hydrogen (secondary N) is 2. The Kier molecular flexibility index (Phi) is 1.90. The number of alkyl halides is 3. The predicted molar refractivity (Wildman–Crippen MR) is 51.0 cm³/mol. The van der Waals surface area contributed by atoms with Crippen LogP contribution in [0.1, 0.15) is 17.7 Å². The fraction of sp³-hybridized carbons (Fsp3) is 0.700. The van der Waals surface area contributed by atoms with Gasteiger partial charge in [0.2, 0.25) is 0 Å². The zero-order chi connectivity index (χ0) is 11.4. The van der Waals surface area contributed by atoms with Gasteiger partial charge in [-0.05, 0) is 18.9 Å². The number of halogens is 3. The van der Waals surface area contributed by atoms with E-state index in [1.54, 1.807) is 6.20 Å². The Morgan fingerprint density at radius 1 is 1.50 bits per heavy atom. The Hall–Kier alpha value is -1.04. The highest BCUT2D eigenvalue weighted by Crippen LogP contribution is 2.57. The lowest BCUT2D eigenvalue weighted by Gasteiger charge is -2.13. The van der Waals surface area contributed by atoms with Gasteiger partial charge in [0.15, 0.2) is 0 Å². The second kappa shape index (κ2) is 3.00. The summed E-state index contributed by atoms with van der Waals surface area (Å²) in [6.45, 7) is 1.69. The van der Waals surface area contributed by atoms with Crippen LogP contribution in [-0.2, 0) is 11.8 Å². The number of H-pyrrole nitrogens is 1. The van der Waals surface area contributed by atoms with Crippen molar-refractivity contribution in [2.24, 2.45) is 5.92 Å². The van der Waals surface area contributed by atoms with Crippen LogP contribution < -0.4 is 5.32 Å². The maximum atomic E-state index is 12.4. The number of aromatic nitrogens is 2. The van der Waals surface area contributed by atoms with Crippen LogP contribution in [-0.4, -0.2) is 29.5 Å². The number of hydrogen-bond donors (Lipinski definition) is 2. The monoisotopic (exact) mass is 231 g/mol. The van der Waals surface area contributed by atoms with Gasteiger partial charge in [0.05, 0.1) is 12.6 Å². The van der Waals surface area contributed by atoms with Crippen molar-refractivity contribution in [3.63, 3.8) is 0 Å². The van der Waals surface area contributed by atoms with E-state index in [2.05, 4.69) is 15.5 Å². The molecule has 16 heavy (non-hydrogen) atoms. The van der Waals surface area contributed by atoms with Crippen LogP contribution in [0, 0.1) is 5.92 Å². The number of aromatic amines is 1. The van der Waals surface area contributed by atoms with E-state index >= 15 is 0 Å². The predicted octanol–water partition coefficient (Wildman–Crippen LogP) is 1.38. The molecule has 0 radical (unpaired) electrons. The molecule has 2 N–H and O–H groups in total. The van der Waals surface area contributed by atoms with Gasteiger partial charge in [0.25, 0.3) is 0 Å². The molecule has 6 heteroatoms. The van der Waals surface area contributed by atoms with Crippen LogP contribution in [0.4, 0.5) is 13.2 Å². The Morgan fingerprint density at radius 2 is 2.31 bits per heavy atom. The summed E-state index contributed by atoms with van der Waals surface area (Å²) in [6, 6.07) is 0. The number of nitrogens with zero attached hydrogens (tertiary/aromatic N) is 1. The average Bonchev–Trinajstić information content (AvgIpc) is 2.60. The quantitative estimate of drug-likeness (QED) is 0.807. The maximum absolute atomic E-state index is 12.4. The van der Waals surface area contributed by atoms with Crippen molar-refractivity contribution in [1.29, 1.82) is 0 Å². The van der Waals surface area contributed by atoms with E-state index in [9.17, 15) is 13.2 Å². The molecule has 2 fully saturated rings. The van der Waals surface area contributed by atoms with E-state index in [4.69, 9.17) is 0 Å². The van der Waals surface area contributed by atoms with Gasteiger partial charge in [0.1, 0.15) is 0 Å². The third kappa shape index (κ3) is 1.43. The van der Waals surface area contributed by atoms with Gasteiger partial charge in [-0.25, -0.2) is 0 Å². The number of fused-ring (bicyclic) bond motifs is 1. The lowest BCUT2D eigenvalue weighted by Crippen LogP contribution is -2.21. The smallest absolute Gasteiger partial charge is 0.316 e. The summed E-state index contributed by atoms with van der Waals surface area (Å²) in [6.07, 6.45) is -2.52. The summed E-state index contributed by atoms with van der Waals surface area (Å²) in [7, 11) is 0. The van der Waals surface area contributed by atoms with E-state index in [0.29, 0.717) is 5.92 Å². The molecule has 0 aromatic carbocycles. The minimum absolute atomic E-state index is 0.0619. The van der Waals surface area contributed by atoms with E-state index in [1.807, 2.05) is 0 Å². The summed E-state index contributed by atoms with van der Waals surface area (Å²) < 4.78 is 37.1. The first-order chi connectivity index (χ1) is 7.51. The largest absolute Gasteiger partial charge is 0.394 e. The van der Waals surface area contributed by atoms with Crippen molar-refractivity contribution in [2.45, 2.75) is 24.4 Å². The molecule has 1 aromatic heterocycles. The van der Waals surface area contributed by atoms with Crippen molar-refractivity contribution in [2.75, 3.05) is 13.1 Å². The second-order valence-corrected chi connectivity index (χ2v) is 4.74. The number of hydrogen-bond acceptors (Lipinski definition) is 2. The second-order valence-electron chi connectivity index (χ2n) is 4.74. The van der Waals surface area contributed by atoms with Crippen LogP contribution >= 0.6 is 0 Å². The minimum Gasteiger partial charge on any atom is -0.316 e. The summed E-state index contributed by atoms with van der Waals surface area (Å²) in [5, 5.41) is 9.48. The van der Waals surface area contributed by atoms with Crippen molar-refractivity contribution >= 4 is 0 Å². The first-order valence-corrected chi connectivity index (χ1v) is 5.31. The normalized spacial score (nSPS) is 32.8. The molecule has 0 spiro atoms. The Balaban J connectivity index is 1.89. The van der Waals surface area contributed by atoms with Gasteiger partial charge < -0.3 is 5.32 Å². The first-order valence-electron chi connectivity index (χ1n) is 5.31. The lowest BCUT2D eigenvalue weighted by molar-refractivity contribution is -0.128. The molecule has 1 aliphatic heterocycles. The van der Waals surface area contributed by atoms with Crippen LogP contribution in [0.2, 0.25) is 0 Å². The number of piperidine rings is 1. The molecule has 1 saturated carbocycles. The summed E-state index contributed by atoms with van der Waals surface area (Å²) in [5.74, 6) is 0.497. The highest BCUT2D eigenvalue weighted by Gasteiger charge is 2.59. The molecule has 1 aliphatic carbocycles. The van der Waals surface area contributed by atoms with Gasteiger partial charge in [0, 0.05) is 23.2 Å². The highest BCUT2D eigenvalue weighted by atomic mass is 19.4. The molecule has 2 heterocycles. The molecule has 1 aromatic rings. The molecule has 3 nitrogen and oxygen atoms in total. The van der Waals surface area contributed by atoms with E-state index in [0.717, 1.165) is 25.1 Å². The topological polar surface area (TPSA) is 40.7 Å². The Labute approximate surface area is 90.4 Å². The summed E-state index contributed by atoms with van der Waals surface area (Å²) >= 11 is 0. The molecule has 2 aliphatic rings. The van der Waals surface area contributed by atoms with Crippen molar-refractivity contribution in [3.8, 4) is 0 Å². The molecule has 88 valence electrons. The highest BCUT2D eigenvalue weighted by molar-refractivity contribution is 5.38. The third-order valence-corrected chi connectivity index (χ3v) is 3.70. The lowest BCUT2D eigenvalue weighted by atomic mass is 9.94. The van der Waals surface area contributed by atoms with Crippen LogP contribution in [0.5, 0.6) is 0 Å². The van der Waals surface area contributed by atoms with E-state index < -0.39 is 12.6 Å². The molecular weight excluding hydrogens is 219 g/mol. The van der Waals surface area contributed by atoms with E-state index in [-0.39, 0.29) is 11.1 Å². The zero-order valence-electron chi connectivity index (χ0n) is 8.56. The molecular formula is C10H12F3N3. The SMILES string of the molecule is FC(F)(F)Cc1[nH]ncc1C12CNCC1C2. The minimum atomic E-state index is -4.17. The average molecular weight is 231 g/mol. The van der Waals surface area contributed by atoms with Crippen LogP contribution in [0.3, 0.4) is 0 Å². The van der Waals surface area contributed by atoms with Gasteiger partial charge >= 0.3 is 6.18 Å². The van der Waals surface area contributed by atoms with E-state index in [1.165, 1.54) is 0 Å². The maximum Gasteiger partial charge on any atom is 0.394 e.